The van der Waals surface area contributed by atoms with Crippen LogP contribution >= 0.6 is 0 Å². The predicted molar refractivity (Wildman–Crippen MR) is 104 cm³/mol. The SMILES string of the molecule is COc1ccccc1CCNC(=O)COC(=O)/C=C/c1nc2ccccc2o1. The lowest BCUT2D eigenvalue weighted by molar-refractivity contribution is -0.143. The zero-order valence-electron chi connectivity index (χ0n) is 15.4. The summed E-state index contributed by atoms with van der Waals surface area (Å²) in [6.07, 6.45) is 3.19. The molecule has 0 saturated heterocycles. The van der Waals surface area contributed by atoms with Gasteiger partial charge in [-0.05, 0) is 30.2 Å². The van der Waals surface area contributed by atoms with Crippen molar-refractivity contribution >= 4 is 29.1 Å². The lowest BCUT2D eigenvalue weighted by Gasteiger charge is -2.09. The Morgan fingerprint density at radius 3 is 2.75 bits per heavy atom. The van der Waals surface area contributed by atoms with E-state index in [0.29, 0.717) is 30.0 Å². The molecule has 1 amide bonds. The lowest BCUT2D eigenvalue weighted by atomic mass is 10.1. The van der Waals surface area contributed by atoms with Crippen LogP contribution in [0.2, 0.25) is 0 Å². The van der Waals surface area contributed by atoms with Gasteiger partial charge in [0.25, 0.3) is 5.91 Å². The van der Waals surface area contributed by atoms with E-state index in [4.69, 9.17) is 13.9 Å². The van der Waals surface area contributed by atoms with Gasteiger partial charge < -0.3 is 19.2 Å². The van der Waals surface area contributed by atoms with Crippen LogP contribution in [0.3, 0.4) is 0 Å². The molecule has 0 atom stereocenters. The van der Waals surface area contributed by atoms with Gasteiger partial charge in [-0.1, -0.05) is 30.3 Å². The van der Waals surface area contributed by atoms with Crippen molar-refractivity contribution < 1.29 is 23.5 Å². The van der Waals surface area contributed by atoms with Gasteiger partial charge in [0.2, 0.25) is 5.89 Å². The number of amides is 1. The molecule has 28 heavy (non-hydrogen) atoms. The summed E-state index contributed by atoms with van der Waals surface area (Å²) in [7, 11) is 1.60. The van der Waals surface area contributed by atoms with Crippen molar-refractivity contribution in [2.45, 2.75) is 6.42 Å². The first-order valence-corrected chi connectivity index (χ1v) is 8.74. The average Bonchev–Trinajstić information content (AvgIpc) is 3.14. The number of hydrogen-bond donors (Lipinski definition) is 1. The molecule has 1 aromatic heterocycles. The summed E-state index contributed by atoms with van der Waals surface area (Å²) in [5.74, 6) is 0.0348. The Morgan fingerprint density at radius 1 is 1.14 bits per heavy atom. The third-order valence-electron chi connectivity index (χ3n) is 3.93. The van der Waals surface area contributed by atoms with Crippen molar-refractivity contribution in [3.8, 4) is 5.75 Å². The highest BCUT2D eigenvalue weighted by Gasteiger charge is 2.07. The molecule has 0 fully saturated rings. The van der Waals surface area contributed by atoms with Crippen LogP contribution in [0, 0.1) is 0 Å². The molecule has 0 unspecified atom stereocenters. The summed E-state index contributed by atoms with van der Waals surface area (Å²) in [5.41, 5.74) is 2.32. The number of hydrogen-bond acceptors (Lipinski definition) is 6. The van der Waals surface area contributed by atoms with Gasteiger partial charge in [-0.15, -0.1) is 0 Å². The normalized spacial score (nSPS) is 10.9. The molecular formula is C21H20N2O5. The van der Waals surface area contributed by atoms with Crippen molar-refractivity contribution in [1.82, 2.24) is 10.3 Å². The van der Waals surface area contributed by atoms with Crippen LogP contribution in [0.25, 0.3) is 17.2 Å². The number of carbonyl (C=O) groups is 2. The summed E-state index contributed by atoms with van der Waals surface area (Å²) < 4.78 is 15.6. The summed E-state index contributed by atoms with van der Waals surface area (Å²) in [6.45, 7) is 0.0537. The first-order valence-electron chi connectivity index (χ1n) is 8.74. The maximum absolute atomic E-state index is 11.8. The van der Waals surface area contributed by atoms with E-state index >= 15 is 0 Å². The average molecular weight is 380 g/mol. The van der Waals surface area contributed by atoms with Gasteiger partial charge in [0.1, 0.15) is 11.3 Å². The first-order chi connectivity index (χ1) is 13.7. The minimum Gasteiger partial charge on any atom is -0.496 e. The number of para-hydroxylation sites is 3. The third-order valence-corrected chi connectivity index (χ3v) is 3.93. The van der Waals surface area contributed by atoms with Crippen molar-refractivity contribution in [1.29, 1.82) is 0 Å². The number of ether oxygens (including phenoxy) is 2. The largest absolute Gasteiger partial charge is 0.496 e. The maximum Gasteiger partial charge on any atom is 0.331 e. The van der Waals surface area contributed by atoms with Crippen molar-refractivity contribution in [3.63, 3.8) is 0 Å². The minimum absolute atomic E-state index is 0.291. The molecule has 7 nitrogen and oxygen atoms in total. The molecule has 1 N–H and O–H groups in total. The number of benzene rings is 2. The fraction of sp³-hybridized carbons (Fsp3) is 0.190. The molecule has 0 bridgehead atoms. The lowest BCUT2D eigenvalue weighted by Crippen LogP contribution is -2.30. The Morgan fingerprint density at radius 2 is 1.93 bits per heavy atom. The highest BCUT2D eigenvalue weighted by atomic mass is 16.5. The molecule has 0 spiro atoms. The van der Waals surface area contributed by atoms with Crippen LogP contribution < -0.4 is 10.1 Å². The minimum atomic E-state index is -0.651. The fourth-order valence-corrected chi connectivity index (χ4v) is 2.58. The number of nitrogens with zero attached hydrogens (tertiary/aromatic N) is 1. The van der Waals surface area contributed by atoms with Gasteiger partial charge in [-0.3, -0.25) is 4.79 Å². The number of nitrogens with one attached hydrogen (secondary N) is 1. The molecule has 0 aliphatic rings. The molecule has 3 rings (SSSR count). The highest BCUT2D eigenvalue weighted by Crippen LogP contribution is 2.17. The van der Waals surface area contributed by atoms with Crippen LogP contribution in [0.4, 0.5) is 0 Å². The van der Waals surface area contributed by atoms with Crippen molar-refractivity contribution in [3.05, 3.63) is 66.1 Å². The predicted octanol–water partition coefficient (Wildman–Crippen LogP) is 2.75. The highest BCUT2D eigenvalue weighted by molar-refractivity contribution is 5.89. The zero-order valence-corrected chi connectivity index (χ0v) is 15.4. The van der Waals surface area contributed by atoms with Crippen molar-refractivity contribution in [2.75, 3.05) is 20.3 Å². The standard InChI is InChI=1S/C21H20N2O5/c1-26-17-8-4-2-6-15(17)12-13-22-19(24)14-27-21(25)11-10-20-23-16-7-3-5-9-18(16)28-20/h2-11H,12-14H2,1H3,(H,22,24)/b11-10+. The number of fused-ring (bicyclic) bond motifs is 1. The van der Waals surface area contributed by atoms with Crippen LogP contribution in [-0.2, 0) is 20.7 Å². The molecule has 3 aromatic rings. The Labute approximate surface area is 162 Å². The number of aromatic nitrogens is 1. The maximum atomic E-state index is 11.8. The van der Waals surface area contributed by atoms with Gasteiger partial charge >= 0.3 is 5.97 Å². The quantitative estimate of drug-likeness (QED) is 0.477. The number of oxazole rings is 1. The van der Waals surface area contributed by atoms with Crippen LogP contribution in [0.15, 0.2) is 59.0 Å². The fourth-order valence-electron chi connectivity index (χ4n) is 2.58. The molecular weight excluding hydrogens is 360 g/mol. The third kappa shape index (κ3) is 5.20. The summed E-state index contributed by atoms with van der Waals surface area (Å²) in [6, 6.07) is 14.9. The van der Waals surface area contributed by atoms with E-state index < -0.39 is 5.97 Å². The monoisotopic (exact) mass is 380 g/mol. The van der Waals surface area contributed by atoms with E-state index in [1.54, 1.807) is 13.2 Å². The van der Waals surface area contributed by atoms with Crippen LogP contribution in [0.5, 0.6) is 5.75 Å². The van der Waals surface area contributed by atoms with E-state index in [1.807, 2.05) is 42.5 Å². The summed E-state index contributed by atoms with van der Waals surface area (Å²) >= 11 is 0. The Kier molecular flexibility index (Phi) is 6.41. The van der Waals surface area contributed by atoms with Gasteiger partial charge in [-0.2, -0.15) is 0 Å². The smallest absolute Gasteiger partial charge is 0.331 e. The molecule has 7 heteroatoms. The molecule has 0 aliphatic heterocycles. The molecule has 0 aliphatic carbocycles. The number of esters is 1. The Balaban J connectivity index is 1.40. The second-order valence-corrected chi connectivity index (χ2v) is 5.87. The van der Waals surface area contributed by atoms with Crippen LogP contribution in [0.1, 0.15) is 11.5 Å². The van der Waals surface area contributed by atoms with Crippen LogP contribution in [-0.4, -0.2) is 37.1 Å². The second-order valence-electron chi connectivity index (χ2n) is 5.87. The molecule has 0 radical (unpaired) electrons. The number of rotatable bonds is 8. The van der Waals surface area contributed by atoms with E-state index in [9.17, 15) is 9.59 Å². The van der Waals surface area contributed by atoms with Gasteiger partial charge in [0.15, 0.2) is 12.2 Å². The zero-order chi connectivity index (χ0) is 19.8. The molecule has 144 valence electrons. The molecule has 2 aromatic carbocycles. The van der Waals surface area contributed by atoms with Gasteiger partial charge in [0, 0.05) is 18.7 Å². The summed E-state index contributed by atoms with van der Waals surface area (Å²) in [5, 5.41) is 2.70. The second kappa shape index (κ2) is 9.36. The Hall–Kier alpha value is -3.61. The van der Waals surface area contributed by atoms with E-state index in [0.717, 1.165) is 11.3 Å². The topological polar surface area (TPSA) is 90.7 Å². The Bertz CT molecular complexity index is 960. The molecule has 0 saturated carbocycles. The van der Waals surface area contributed by atoms with Crippen molar-refractivity contribution in [2.24, 2.45) is 0 Å². The van der Waals surface area contributed by atoms with E-state index in [1.165, 1.54) is 12.2 Å². The number of carbonyl (C=O) groups excluding carboxylic acids is 2. The first kappa shape index (κ1) is 19.2. The van der Waals surface area contributed by atoms with Gasteiger partial charge in [-0.25, -0.2) is 9.78 Å². The summed E-state index contributed by atoms with van der Waals surface area (Å²) in [4.78, 5) is 27.8. The van der Waals surface area contributed by atoms with Gasteiger partial charge in [0.05, 0.1) is 7.11 Å². The number of methoxy groups -OCH3 is 1. The van der Waals surface area contributed by atoms with E-state index in [2.05, 4.69) is 10.3 Å². The molecule has 1 heterocycles. The van der Waals surface area contributed by atoms with E-state index in [-0.39, 0.29) is 12.5 Å².